The van der Waals surface area contributed by atoms with E-state index < -0.39 is 0 Å². The number of hydrogen-bond acceptors (Lipinski definition) is 2. The smallest absolute Gasteiger partial charge is 0.220 e. The molecule has 2 fully saturated rings. The van der Waals surface area contributed by atoms with Gasteiger partial charge in [-0.3, -0.25) is 4.79 Å². The quantitative estimate of drug-likeness (QED) is 0.808. The molecule has 0 radical (unpaired) electrons. The summed E-state index contributed by atoms with van der Waals surface area (Å²) in [6.07, 6.45) is 11.0. The van der Waals surface area contributed by atoms with Gasteiger partial charge in [0.15, 0.2) is 0 Å². The molecule has 2 atom stereocenters. The third-order valence-electron chi connectivity index (χ3n) is 4.96. The highest BCUT2D eigenvalue weighted by Gasteiger charge is 2.27. The summed E-state index contributed by atoms with van der Waals surface area (Å²) < 4.78 is 0. The number of nitrogens with two attached hydrogens (primary N) is 1. The number of nitrogens with one attached hydrogen (secondary N) is 1. The molecule has 2 saturated carbocycles. The normalized spacial score (nSPS) is 37.4. The second-order valence-electron chi connectivity index (χ2n) is 6.26. The topological polar surface area (TPSA) is 55.1 Å². The van der Waals surface area contributed by atoms with Crippen LogP contribution in [-0.2, 0) is 4.79 Å². The Bertz CT molecular complexity index is 272. The molecule has 2 aliphatic rings. The second-order valence-corrected chi connectivity index (χ2v) is 6.26. The Morgan fingerprint density at radius 2 is 1.83 bits per heavy atom. The van der Waals surface area contributed by atoms with Gasteiger partial charge in [0.2, 0.25) is 5.91 Å². The van der Waals surface area contributed by atoms with E-state index in [0.29, 0.717) is 6.04 Å². The SMILES string of the molecule is CCC1CCCC(NC2CCC(C(N)=O)CC2)C1. The average Bonchev–Trinajstić information content (AvgIpc) is 2.39. The van der Waals surface area contributed by atoms with Crippen LogP contribution in [0, 0.1) is 11.8 Å². The van der Waals surface area contributed by atoms with Crippen molar-refractivity contribution < 1.29 is 4.79 Å². The number of carbonyl (C=O) groups is 1. The van der Waals surface area contributed by atoms with E-state index in [1.54, 1.807) is 0 Å². The molecule has 1 amide bonds. The highest BCUT2D eigenvalue weighted by Crippen LogP contribution is 2.29. The van der Waals surface area contributed by atoms with Gasteiger partial charge in [0.1, 0.15) is 0 Å². The van der Waals surface area contributed by atoms with Gasteiger partial charge in [-0.2, -0.15) is 0 Å². The van der Waals surface area contributed by atoms with Gasteiger partial charge in [-0.25, -0.2) is 0 Å². The van der Waals surface area contributed by atoms with Gasteiger partial charge in [0.05, 0.1) is 0 Å². The maximum Gasteiger partial charge on any atom is 0.220 e. The lowest BCUT2D eigenvalue weighted by Gasteiger charge is -2.35. The molecule has 0 heterocycles. The van der Waals surface area contributed by atoms with Gasteiger partial charge in [0.25, 0.3) is 0 Å². The molecule has 3 nitrogen and oxygen atoms in total. The van der Waals surface area contributed by atoms with Crippen molar-refractivity contribution in [2.75, 3.05) is 0 Å². The molecular formula is C15H28N2O. The molecule has 0 spiro atoms. The molecule has 2 rings (SSSR count). The molecule has 104 valence electrons. The summed E-state index contributed by atoms with van der Waals surface area (Å²) in [5.74, 6) is 0.966. The Morgan fingerprint density at radius 1 is 1.11 bits per heavy atom. The first-order valence-corrected chi connectivity index (χ1v) is 7.74. The molecule has 2 unspecified atom stereocenters. The summed E-state index contributed by atoms with van der Waals surface area (Å²) in [4.78, 5) is 11.1. The van der Waals surface area contributed by atoms with Crippen molar-refractivity contribution in [3.63, 3.8) is 0 Å². The lowest BCUT2D eigenvalue weighted by molar-refractivity contribution is -0.122. The Kier molecular flexibility index (Phi) is 5.04. The largest absolute Gasteiger partial charge is 0.369 e. The van der Waals surface area contributed by atoms with Crippen molar-refractivity contribution in [2.45, 2.75) is 76.8 Å². The molecule has 3 N–H and O–H groups in total. The monoisotopic (exact) mass is 252 g/mol. The number of hydrogen-bond donors (Lipinski definition) is 2. The maximum atomic E-state index is 11.1. The summed E-state index contributed by atoms with van der Waals surface area (Å²) in [6, 6.07) is 1.35. The molecular weight excluding hydrogens is 224 g/mol. The van der Waals surface area contributed by atoms with Crippen molar-refractivity contribution >= 4 is 5.91 Å². The fourth-order valence-corrected chi connectivity index (χ4v) is 3.69. The molecule has 2 aliphatic carbocycles. The lowest BCUT2D eigenvalue weighted by atomic mass is 9.81. The van der Waals surface area contributed by atoms with Crippen LogP contribution in [0.5, 0.6) is 0 Å². The van der Waals surface area contributed by atoms with Crippen molar-refractivity contribution in [2.24, 2.45) is 17.6 Å². The van der Waals surface area contributed by atoms with Crippen LogP contribution in [0.3, 0.4) is 0 Å². The number of carbonyl (C=O) groups excluding carboxylic acids is 1. The third-order valence-corrected chi connectivity index (χ3v) is 4.96. The minimum absolute atomic E-state index is 0.0998. The number of primary amides is 1. The van der Waals surface area contributed by atoms with Crippen molar-refractivity contribution in [1.82, 2.24) is 5.32 Å². The minimum atomic E-state index is -0.0998. The highest BCUT2D eigenvalue weighted by atomic mass is 16.1. The first-order chi connectivity index (χ1) is 8.69. The standard InChI is InChI=1S/C15H28N2O/c1-2-11-4-3-5-14(10-11)17-13-8-6-12(7-9-13)15(16)18/h11-14,17H,2-10H2,1H3,(H2,16,18). The predicted octanol–water partition coefficient (Wildman–Crippen LogP) is 2.59. The summed E-state index contributed by atoms with van der Waals surface area (Å²) in [7, 11) is 0. The van der Waals surface area contributed by atoms with Crippen LogP contribution in [0.25, 0.3) is 0 Å². The summed E-state index contributed by atoms with van der Waals surface area (Å²) in [5, 5.41) is 3.83. The van der Waals surface area contributed by atoms with Gasteiger partial charge in [-0.05, 0) is 44.4 Å². The Labute approximate surface area is 111 Å². The fourth-order valence-electron chi connectivity index (χ4n) is 3.69. The molecule has 0 aliphatic heterocycles. The van der Waals surface area contributed by atoms with Gasteiger partial charge in [-0.15, -0.1) is 0 Å². The van der Waals surface area contributed by atoms with E-state index in [9.17, 15) is 4.79 Å². The highest BCUT2D eigenvalue weighted by molar-refractivity contribution is 5.76. The zero-order chi connectivity index (χ0) is 13.0. The van der Waals surface area contributed by atoms with Gasteiger partial charge < -0.3 is 11.1 Å². The lowest BCUT2D eigenvalue weighted by Crippen LogP contribution is -2.43. The van der Waals surface area contributed by atoms with E-state index in [2.05, 4.69) is 12.2 Å². The van der Waals surface area contributed by atoms with E-state index in [4.69, 9.17) is 5.73 Å². The van der Waals surface area contributed by atoms with Crippen molar-refractivity contribution in [3.8, 4) is 0 Å². The summed E-state index contributed by atoms with van der Waals surface area (Å²) in [6.45, 7) is 2.31. The first-order valence-electron chi connectivity index (χ1n) is 7.74. The van der Waals surface area contributed by atoms with Crippen LogP contribution in [0.1, 0.15) is 64.7 Å². The van der Waals surface area contributed by atoms with Crippen LogP contribution < -0.4 is 11.1 Å². The van der Waals surface area contributed by atoms with Crippen LogP contribution >= 0.6 is 0 Å². The van der Waals surface area contributed by atoms with Gasteiger partial charge in [0, 0.05) is 18.0 Å². The Morgan fingerprint density at radius 3 is 2.44 bits per heavy atom. The number of amides is 1. The predicted molar refractivity (Wildman–Crippen MR) is 74.1 cm³/mol. The Hall–Kier alpha value is -0.570. The van der Waals surface area contributed by atoms with Crippen LogP contribution in [0.4, 0.5) is 0 Å². The van der Waals surface area contributed by atoms with E-state index in [1.807, 2.05) is 0 Å². The molecule has 3 heteroatoms. The van der Waals surface area contributed by atoms with Gasteiger partial charge >= 0.3 is 0 Å². The Balaban J connectivity index is 1.72. The van der Waals surface area contributed by atoms with Crippen molar-refractivity contribution in [1.29, 1.82) is 0 Å². The van der Waals surface area contributed by atoms with Crippen LogP contribution in [0.15, 0.2) is 0 Å². The molecule has 0 saturated heterocycles. The number of rotatable bonds is 4. The molecule has 0 aromatic heterocycles. The second kappa shape index (κ2) is 6.55. The minimum Gasteiger partial charge on any atom is -0.369 e. The molecule has 0 bridgehead atoms. The third kappa shape index (κ3) is 3.71. The van der Waals surface area contributed by atoms with E-state index >= 15 is 0 Å². The summed E-state index contributed by atoms with van der Waals surface area (Å²) >= 11 is 0. The average molecular weight is 252 g/mol. The first kappa shape index (κ1) is 13.9. The van der Waals surface area contributed by atoms with Crippen molar-refractivity contribution in [3.05, 3.63) is 0 Å². The van der Waals surface area contributed by atoms with E-state index in [0.717, 1.165) is 37.6 Å². The maximum absolute atomic E-state index is 11.1. The zero-order valence-electron chi connectivity index (χ0n) is 11.7. The molecule has 0 aromatic carbocycles. The van der Waals surface area contributed by atoms with E-state index in [-0.39, 0.29) is 11.8 Å². The van der Waals surface area contributed by atoms with Gasteiger partial charge in [-0.1, -0.05) is 26.2 Å². The molecule has 0 aromatic rings. The van der Waals surface area contributed by atoms with Crippen LogP contribution in [-0.4, -0.2) is 18.0 Å². The zero-order valence-corrected chi connectivity index (χ0v) is 11.7. The summed E-state index contributed by atoms with van der Waals surface area (Å²) in [5.41, 5.74) is 5.37. The van der Waals surface area contributed by atoms with E-state index in [1.165, 1.54) is 32.1 Å². The molecule has 18 heavy (non-hydrogen) atoms. The van der Waals surface area contributed by atoms with Crippen LogP contribution in [0.2, 0.25) is 0 Å². The fraction of sp³-hybridized carbons (Fsp3) is 0.933.